The van der Waals surface area contributed by atoms with Gasteiger partial charge in [0.15, 0.2) is 0 Å². The molecular formula is C25H32FN5O3S. The number of nitrogens with zero attached hydrogens (tertiary/aromatic N) is 1. The van der Waals surface area contributed by atoms with Crippen LogP contribution in [0, 0.1) is 5.41 Å². The number of nitrogen functional groups attached to an aromatic ring is 1. The van der Waals surface area contributed by atoms with Crippen LogP contribution in [0.5, 0.6) is 0 Å². The van der Waals surface area contributed by atoms with Gasteiger partial charge in [-0.3, -0.25) is 19.8 Å². The van der Waals surface area contributed by atoms with Gasteiger partial charge in [-0.05, 0) is 49.1 Å². The average molecular weight is 502 g/mol. The molecule has 4 rings (SSSR count). The zero-order chi connectivity index (χ0) is 25.5. The summed E-state index contributed by atoms with van der Waals surface area (Å²) >= 11 is 1.48. The Morgan fingerprint density at radius 3 is 2.57 bits per heavy atom. The van der Waals surface area contributed by atoms with Crippen molar-refractivity contribution < 1.29 is 18.8 Å². The fourth-order valence-electron chi connectivity index (χ4n) is 4.24. The minimum atomic E-state index is -1.23. The van der Waals surface area contributed by atoms with Gasteiger partial charge in [0, 0.05) is 35.3 Å². The summed E-state index contributed by atoms with van der Waals surface area (Å²) in [6, 6.07) is 6.07. The number of hydrogen-bond donors (Lipinski definition) is 4. The molecule has 5 N–H and O–H groups in total. The van der Waals surface area contributed by atoms with Gasteiger partial charge in [-0.15, -0.1) is 11.3 Å². The molecule has 0 atom stereocenters. The number of hydrogen-bond acceptors (Lipinski definition) is 6. The quantitative estimate of drug-likeness (QED) is 0.356. The van der Waals surface area contributed by atoms with E-state index in [0.29, 0.717) is 24.4 Å². The highest BCUT2D eigenvalue weighted by atomic mass is 32.1. The standard InChI is InChI=1S/C23H26FN5O3S.C2H6/c24-21(26)16-9-13(5-6-17(16)25)22(31)27-11-20(30)29-8-7-18-14(12-29)10-19(33-18)23(32)28-15-3-1-2-4-15;1-2/h5-6,9-10,15,26H,1-4,7-8,11-12,25H2,(H,27,31)(H,28,32);1-2H3. The molecule has 2 aromatic rings. The maximum atomic E-state index is 13.3. The van der Waals surface area contributed by atoms with E-state index in [1.807, 2.05) is 19.9 Å². The van der Waals surface area contributed by atoms with Crippen molar-refractivity contribution in [1.82, 2.24) is 15.5 Å². The third-order valence-corrected chi connectivity index (χ3v) is 7.32. The van der Waals surface area contributed by atoms with E-state index in [1.54, 1.807) is 4.90 Å². The number of nitrogens with two attached hydrogens (primary N) is 1. The normalized spacial score (nSPS) is 15.0. The number of nitrogens with one attached hydrogen (secondary N) is 3. The number of halogens is 1. The number of carbonyl (C=O) groups excluding carboxylic acids is 3. The molecule has 1 aliphatic carbocycles. The van der Waals surface area contributed by atoms with Crippen LogP contribution in [0.25, 0.3) is 0 Å². The topological polar surface area (TPSA) is 128 Å². The number of benzene rings is 1. The fraction of sp³-hybridized carbons (Fsp3) is 0.440. The second-order valence-electron chi connectivity index (χ2n) is 8.38. The maximum absolute atomic E-state index is 13.3. The van der Waals surface area contributed by atoms with Crippen molar-refractivity contribution in [3.63, 3.8) is 0 Å². The van der Waals surface area contributed by atoms with Gasteiger partial charge in [-0.1, -0.05) is 26.7 Å². The van der Waals surface area contributed by atoms with E-state index in [-0.39, 0.29) is 41.2 Å². The van der Waals surface area contributed by atoms with Gasteiger partial charge in [0.2, 0.25) is 11.9 Å². The van der Waals surface area contributed by atoms with E-state index < -0.39 is 11.9 Å². The lowest BCUT2D eigenvalue weighted by Crippen LogP contribution is -2.42. The van der Waals surface area contributed by atoms with Crippen molar-refractivity contribution in [2.45, 2.75) is 58.5 Å². The van der Waals surface area contributed by atoms with E-state index in [9.17, 15) is 18.8 Å². The SMILES string of the molecule is CC.N=C(F)c1cc(C(=O)NCC(=O)N2CCc3sc(C(=O)NC4CCCC4)cc3C2)ccc1N. The van der Waals surface area contributed by atoms with E-state index >= 15 is 0 Å². The number of fused-ring (bicyclic) bond motifs is 1. The third-order valence-electron chi connectivity index (χ3n) is 6.09. The molecule has 1 aliphatic heterocycles. The number of amides is 3. The predicted octanol–water partition coefficient (Wildman–Crippen LogP) is 3.64. The van der Waals surface area contributed by atoms with Crippen LogP contribution in [0.1, 0.15) is 75.6 Å². The van der Waals surface area contributed by atoms with Crippen LogP contribution in [0.15, 0.2) is 24.3 Å². The zero-order valence-electron chi connectivity index (χ0n) is 20.1. The second kappa shape index (κ2) is 11.9. The van der Waals surface area contributed by atoms with Crippen molar-refractivity contribution in [3.8, 4) is 0 Å². The summed E-state index contributed by atoms with van der Waals surface area (Å²) in [5.41, 5.74) is 6.59. The first-order valence-electron chi connectivity index (χ1n) is 11.9. The minimum Gasteiger partial charge on any atom is -0.398 e. The van der Waals surface area contributed by atoms with E-state index in [1.165, 1.54) is 29.5 Å². The smallest absolute Gasteiger partial charge is 0.261 e. The summed E-state index contributed by atoms with van der Waals surface area (Å²) in [5.74, 6) is -2.07. The molecule has 0 radical (unpaired) electrons. The monoisotopic (exact) mass is 501 g/mol. The molecule has 1 saturated carbocycles. The van der Waals surface area contributed by atoms with E-state index in [4.69, 9.17) is 11.1 Å². The second-order valence-corrected chi connectivity index (χ2v) is 9.51. The molecule has 0 unspecified atom stereocenters. The molecule has 0 saturated heterocycles. The van der Waals surface area contributed by atoms with Crippen LogP contribution < -0.4 is 16.4 Å². The Morgan fingerprint density at radius 2 is 1.89 bits per heavy atom. The summed E-state index contributed by atoms with van der Waals surface area (Å²) in [4.78, 5) is 41.0. The summed E-state index contributed by atoms with van der Waals surface area (Å²) < 4.78 is 13.3. The minimum absolute atomic E-state index is 0.0457. The van der Waals surface area contributed by atoms with Crippen LogP contribution in [-0.4, -0.2) is 47.7 Å². The van der Waals surface area contributed by atoms with Gasteiger partial charge >= 0.3 is 0 Å². The van der Waals surface area contributed by atoms with Gasteiger partial charge in [0.05, 0.1) is 17.0 Å². The fourth-order valence-corrected chi connectivity index (χ4v) is 5.31. The van der Waals surface area contributed by atoms with Crippen LogP contribution in [0.3, 0.4) is 0 Å². The van der Waals surface area contributed by atoms with E-state index in [2.05, 4.69) is 10.6 Å². The maximum Gasteiger partial charge on any atom is 0.261 e. The Balaban J connectivity index is 0.00000167. The lowest BCUT2D eigenvalue weighted by atomic mass is 10.1. The van der Waals surface area contributed by atoms with Crippen LogP contribution in [-0.2, 0) is 17.8 Å². The van der Waals surface area contributed by atoms with Gasteiger partial charge in [-0.25, -0.2) is 0 Å². The lowest BCUT2D eigenvalue weighted by molar-refractivity contribution is -0.131. The van der Waals surface area contributed by atoms with Crippen molar-refractivity contribution in [3.05, 3.63) is 50.7 Å². The number of anilines is 1. The van der Waals surface area contributed by atoms with Gasteiger partial charge in [0.1, 0.15) is 0 Å². The molecule has 188 valence electrons. The summed E-state index contributed by atoms with van der Waals surface area (Å²) in [7, 11) is 0. The van der Waals surface area contributed by atoms with Gasteiger partial charge < -0.3 is 21.3 Å². The molecule has 2 aliphatic rings. The molecule has 2 heterocycles. The molecular weight excluding hydrogens is 469 g/mol. The van der Waals surface area contributed by atoms with Crippen molar-refractivity contribution in [2.75, 3.05) is 18.8 Å². The Morgan fingerprint density at radius 1 is 1.17 bits per heavy atom. The molecule has 10 heteroatoms. The Hall–Kier alpha value is -3.27. The molecule has 35 heavy (non-hydrogen) atoms. The zero-order valence-corrected chi connectivity index (χ0v) is 20.9. The highest BCUT2D eigenvalue weighted by Crippen LogP contribution is 2.29. The van der Waals surface area contributed by atoms with Gasteiger partial charge in [0.25, 0.3) is 11.8 Å². The molecule has 3 amide bonds. The first-order valence-corrected chi connectivity index (χ1v) is 12.8. The van der Waals surface area contributed by atoms with Crippen molar-refractivity contribution in [2.24, 2.45) is 0 Å². The van der Waals surface area contributed by atoms with Gasteiger partial charge in [-0.2, -0.15) is 4.39 Å². The number of thiophene rings is 1. The van der Waals surface area contributed by atoms with E-state index in [0.717, 1.165) is 36.1 Å². The highest BCUT2D eigenvalue weighted by molar-refractivity contribution is 7.14. The summed E-state index contributed by atoms with van der Waals surface area (Å²) in [6.07, 6.45) is 5.02. The molecule has 0 bridgehead atoms. The Kier molecular flexibility index (Phi) is 8.97. The van der Waals surface area contributed by atoms with Crippen molar-refractivity contribution in [1.29, 1.82) is 5.41 Å². The largest absolute Gasteiger partial charge is 0.398 e. The molecule has 0 spiro atoms. The molecule has 8 nitrogen and oxygen atoms in total. The van der Waals surface area contributed by atoms with Crippen LogP contribution >= 0.6 is 11.3 Å². The number of rotatable bonds is 6. The third kappa shape index (κ3) is 6.45. The first kappa shape index (κ1) is 26.3. The predicted molar refractivity (Wildman–Crippen MR) is 136 cm³/mol. The Labute approximate surface area is 208 Å². The molecule has 1 aromatic heterocycles. The summed E-state index contributed by atoms with van der Waals surface area (Å²) in [5, 5.41) is 12.7. The average Bonchev–Trinajstić information content (AvgIpc) is 3.53. The Bertz CT molecular complexity index is 1110. The highest BCUT2D eigenvalue weighted by Gasteiger charge is 2.26. The molecule has 1 aromatic carbocycles. The molecule has 1 fully saturated rings. The van der Waals surface area contributed by atoms with Crippen LogP contribution in [0.4, 0.5) is 10.1 Å². The van der Waals surface area contributed by atoms with Crippen LogP contribution in [0.2, 0.25) is 0 Å². The first-order chi connectivity index (χ1) is 16.8. The number of carbonyl (C=O) groups is 3. The lowest BCUT2D eigenvalue weighted by Gasteiger charge is -2.27. The summed E-state index contributed by atoms with van der Waals surface area (Å²) in [6.45, 7) is 4.69. The van der Waals surface area contributed by atoms with Crippen molar-refractivity contribution >= 4 is 40.7 Å².